The minimum Gasteiger partial charge on any atom is -0.376 e. The summed E-state index contributed by atoms with van der Waals surface area (Å²) in [4.78, 5) is 11.6. The van der Waals surface area contributed by atoms with Crippen molar-refractivity contribution in [1.82, 2.24) is 5.32 Å². The summed E-state index contributed by atoms with van der Waals surface area (Å²) in [5, 5.41) is 6.06. The third kappa shape index (κ3) is 8.08. The van der Waals surface area contributed by atoms with Gasteiger partial charge in [-0.3, -0.25) is 4.79 Å². The molecule has 106 valence electrons. The quantitative estimate of drug-likeness (QED) is 0.510. The number of hydrogen-bond acceptors (Lipinski definition) is 2. The van der Waals surface area contributed by atoms with Gasteiger partial charge >= 0.3 is 0 Å². The van der Waals surface area contributed by atoms with E-state index in [1.54, 1.807) is 0 Å². The Morgan fingerprint density at radius 3 is 2.47 bits per heavy atom. The molecule has 3 nitrogen and oxygen atoms in total. The Balaban J connectivity index is 2.06. The molecule has 0 atom stereocenters. The molecule has 0 bridgehead atoms. The molecule has 1 amide bonds. The molecule has 0 fully saturated rings. The topological polar surface area (TPSA) is 41.1 Å². The predicted molar refractivity (Wildman–Crippen MR) is 89.4 cm³/mol. The van der Waals surface area contributed by atoms with E-state index in [0.717, 1.165) is 18.7 Å². The van der Waals surface area contributed by atoms with Crippen LogP contribution in [-0.2, 0) is 4.79 Å². The van der Waals surface area contributed by atoms with E-state index in [0.29, 0.717) is 6.54 Å². The summed E-state index contributed by atoms with van der Waals surface area (Å²) in [5.41, 5.74) is 0.985. The van der Waals surface area contributed by atoms with Crippen LogP contribution in [0.5, 0.6) is 0 Å². The van der Waals surface area contributed by atoms with E-state index in [9.17, 15) is 4.79 Å². The monoisotopic (exact) mass is 374 g/mol. The lowest BCUT2D eigenvalue weighted by Gasteiger charge is -2.07. The van der Waals surface area contributed by atoms with Crippen LogP contribution in [0.15, 0.2) is 24.3 Å². The molecule has 0 aliphatic carbocycles. The lowest BCUT2D eigenvalue weighted by molar-refractivity contribution is -0.119. The number of unbranched alkanes of at least 4 members (excludes halogenated alkanes) is 4. The van der Waals surface area contributed by atoms with E-state index >= 15 is 0 Å². The second-order valence-corrected chi connectivity index (χ2v) is 5.87. The van der Waals surface area contributed by atoms with Crippen molar-refractivity contribution in [3.8, 4) is 0 Å². The van der Waals surface area contributed by atoms with Crippen LogP contribution >= 0.6 is 22.6 Å². The SMILES string of the molecule is CCCCCCCNC(=O)CNc1ccc(I)cc1. The lowest BCUT2D eigenvalue weighted by atomic mass is 10.1. The molecule has 0 saturated carbocycles. The molecule has 0 aromatic heterocycles. The first-order valence-corrected chi connectivity index (χ1v) is 8.06. The van der Waals surface area contributed by atoms with E-state index in [2.05, 4.69) is 40.1 Å². The Bertz CT molecular complexity index is 365. The van der Waals surface area contributed by atoms with Crippen LogP contribution in [0, 0.1) is 3.57 Å². The summed E-state index contributed by atoms with van der Waals surface area (Å²) in [6.07, 6.45) is 6.11. The molecule has 0 unspecified atom stereocenters. The Labute approximate surface area is 129 Å². The van der Waals surface area contributed by atoms with Crippen LogP contribution in [0.4, 0.5) is 5.69 Å². The molecule has 0 aliphatic rings. The van der Waals surface area contributed by atoms with Crippen LogP contribution in [0.1, 0.15) is 39.0 Å². The first-order chi connectivity index (χ1) is 9.22. The van der Waals surface area contributed by atoms with E-state index in [1.807, 2.05) is 24.3 Å². The number of halogens is 1. The summed E-state index contributed by atoms with van der Waals surface area (Å²) in [7, 11) is 0. The molecule has 1 rings (SSSR count). The average Bonchev–Trinajstić information content (AvgIpc) is 2.42. The molecule has 1 aromatic rings. The summed E-state index contributed by atoms with van der Waals surface area (Å²) >= 11 is 2.26. The number of hydrogen-bond donors (Lipinski definition) is 2. The predicted octanol–water partition coefficient (Wildman–Crippen LogP) is 3.79. The van der Waals surface area contributed by atoms with Crippen LogP contribution in [0.25, 0.3) is 0 Å². The fourth-order valence-corrected chi connectivity index (χ4v) is 2.13. The van der Waals surface area contributed by atoms with Crippen molar-refractivity contribution in [2.45, 2.75) is 39.0 Å². The van der Waals surface area contributed by atoms with Crippen LogP contribution in [0.3, 0.4) is 0 Å². The van der Waals surface area contributed by atoms with Crippen LogP contribution in [0.2, 0.25) is 0 Å². The van der Waals surface area contributed by atoms with Gasteiger partial charge in [-0.25, -0.2) is 0 Å². The van der Waals surface area contributed by atoms with Gasteiger partial charge in [0.2, 0.25) is 5.91 Å². The number of carbonyl (C=O) groups excluding carboxylic acids is 1. The van der Waals surface area contributed by atoms with Crippen LogP contribution in [-0.4, -0.2) is 19.0 Å². The lowest BCUT2D eigenvalue weighted by Crippen LogP contribution is -2.30. The van der Waals surface area contributed by atoms with E-state index in [-0.39, 0.29) is 5.91 Å². The van der Waals surface area contributed by atoms with Gasteiger partial charge in [0.25, 0.3) is 0 Å². The Hall–Kier alpha value is -0.780. The highest BCUT2D eigenvalue weighted by molar-refractivity contribution is 14.1. The van der Waals surface area contributed by atoms with Gasteiger partial charge in [-0.15, -0.1) is 0 Å². The summed E-state index contributed by atoms with van der Waals surface area (Å²) in [6, 6.07) is 8.02. The third-order valence-corrected chi connectivity index (χ3v) is 3.62. The van der Waals surface area contributed by atoms with Crippen molar-refractivity contribution in [2.24, 2.45) is 0 Å². The van der Waals surface area contributed by atoms with Crippen LogP contribution < -0.4 is 10.6 Å². The van der Waals surface area contributed by atoms with Crippen molar-refractivity contribution in [3.63, 3.8) is 0 Å². The Kier molecular flexibility index (Phi) is 8.62. The van der Waals surface area contributed by atoms with Gasteiger partial charge in [0.15, 0.2) is 0 Å². The molecular formula is C15H23IN2O. The number of nitrogens with one attached hydrogen (secondary N) is 2. The molecule has 19 heavy (non-hydrogen) atoms. The standard InChI is InChI=1S/C15H23IN2O/c1-2-3-4-5-6-11-17-15(19)12-18-14-9-7-13(16)8-10-14/h7-10,18H,2-6,11-12H2,1H3,(H,17,19). The summed E-state index contributed by atoms with van der Waals surface area (Å²) < 4.78 is 1.19. The third-order valence-electron chi connectivity index (χ3n) is 2.90. The second kappa shape index (κ2) is 10.1. The van der Waals surface area contributed by atoms with E-state index in [1.165, 1.54) is 29.3 Å². The highest BCUT2D eigenvalue weighted by atomic mass is 127. The smallest absolute Gasteiger partial charge is 0.239 e. The maximum Gasteiger partial charge on any atom is 0.239 e. The largest absolute Gasteiger partial charge is 0.376 e. The molecule has 0 saturated heterocycles. The number of amides is 1. The maximum atomic E-state index is 11.6. The zero-order valence-corrected chi connectivity index (χ0v) is 13.7. The molecule has 4 heteroatoms. The second-order valence-electron chi connectivity index (χ2n) is 4.62. The average molecular weight is 374 g/mol. The van der Waals surface area contributed by atoms with Gasteiger partial charge in [-0.2, -0.15) is 0 Å². The van der Waals surface area contributed by atoms with Crippen molar-refractivity contribution in [3.05, 3.63) is 27.8 Å². The zero-order valence-electron chi connectivity index (χ0n) is 11.5. The molecule has 1 aromatic carbocycles. The van der Waals surface area contributed by atoms with Gasteiger partial charge in [-0.1, -0.05) is 32.6 Å². The van der Waals surface area contributed by atoms with Crippen molar-refractivity contribution in [1.29, 1.82) is 0 Å². The molecule has 0 aliphatic heterocycles. The molecule has 0 spiro atoms. The molecule has 2 N–H and O–H groups in total. The van der Waals surface area contributed by atoms with E-state index < -0.39 is 0 Å². The summed E-state index contributed by atoms with van der Waals surface area (Å²) in [5.74, 6) is 0.0639. The van der Waals surface area contributed by atoms with Crippen molar-refractivity contribution in [2.75, 3.05) is 18.4 Å². The fraction of sp³-hybridized carbons (Fsp3) is 0.533. The normalized spacial score (nSPS) is 10.2. The number of rotatable bonds is 9. The minimum atomic E-state index is 0.0639. The van der Waals surface area contributed by atoms with Gasteiger partial charge in [0.05, 0.1) is 6.54 Å². The number of anilines is 1. The highest BCUT2D eigenvalue weighted by Crippen LogP contribution is 2.10. The number of carbonyl (C=O) groups is 1. The Morgan fingerprint density at radius 1 is 1.11 bits per heavy atom. The molecular weight excluding hydrogens is 351 g/mol. The zero-order chi connectivity index (χ0) is 13.9. The Morgan fingerprint density at radius 2 is 1.79 bits per heavy atom. The first kappa shape index (κ1) is 16.3. The number of benzene rings is 1. The van der Waals surface area contributed by atoms with Gasteiger partial charge in [0.1, 0.15) is 0 Å². The maximum absolute atomic E-state index is 11.6. The first-order valence-electron chi connectivity index (χ1n) is 6.98. The van der Waals surface area contributed by atoms with Crippen molar-refractivity contribution < 1.29 is 4.79 Å². The highest BCUT2D eigenvalue weighted by Gasteiger charge is 2.00. The van der Waals surface area contributed by atoms with Gasteiger partial charge in [0, 0.05) is 15.8 Å². The van der Waals surface area contributed by atoms with E-state index in [4.69, 9.17) is 0 Å². The molecule has 0 radical (unpaired) electrons. The minimum absolute atomic E-state index is 0.0639. The van der Waals surface area contributed by atoms with Gasteiger partial charge in [-0.05, 0) is 53.3 Å². The van der Waals surface area contributed by atoms with Gasteiger partial charge < -0.3 is 10.6 Å². The fourth-order valence-electron chi connectivity index (χ4n) is 1.77. The molecule has 0 heterocycles. The van der Waals surface area contributed by atoms with Crippen molar-refractivity contribution >= 4 is 34.2 Å². The summed E-state index contributed by atoms with van der Waals surface area (Å²) in [6.45, 7) is 3.34.